The fourth-order valence-corrected chi connectivity index (χ4v) is 1.94. The second kappa shape index (κ2) is 4.85. The normalized spacial score (nSPS) is 11.1. The average molecular weight is 279 g/mol. The first kappa shape index (κ1) is 11.9. The molecule has 0 saturated carbocycles. The minimum absolute atomic E-state index is 0.159. The summed E-state index contributed by atoms with van der Waals surface area (Å²) in [6, 6.07) is 3.68. The number of fused-ring (bicyclic) bond motifs is 1. The van der Waals surface area contributed by atoms with Crippen LogP contribution in [0, 0.1) is 0 Å². The van der Waals surface area contributed by atoms with E-state index in [4.69, 9.17) is 16.0 Å². The smallest absolute Gasteiger partial charge is 0.226 e. The van der Waals surface area contributed by atoms with Crippen molar-refractivity contribution >= 4 is 28.6 Å². The highest BCUT2D eigenvalue weighted by atomic mass is 35.5. The van der Waals surface area contributed by atoms with Gasteiger partial charge in [0.05, 0.1) is 6.26 Å². The summed E-state index contributed by atoms with van der Waals surface area (Å²) in [5.41, 5.74) is 1.17. The third-order valence-electron chi connectivity index (χ3n) is 2.57. The van der Waals surface area contributed by atoms with Crippen LogP contribution in [0.15, 0.2) is 22.8 Å². The number of hydrogen-bond donors (Lipinski definition) is 1. The van der Waals surface area contributed by atoms with Gasteiger partial charge in [-0.2, -0.15) is 9.97 Å². The van der Waals surface area contributed by atoms with Gasteiger partial charge in [0.1, 0.15) is 12.3 Å². The Hall–Kier alpha value is -2.15. The minimum atomic E-state index is 0.159. The van der Waals surface area contributed by atoms with Crippen molar-refractivity contribution in [2.45, 2.75) is 13.5 Å². The summed E-state index contributed by atoms with van der Waals surface area (Å²) in [7, 11) is 0. The fourth-order valence-electron chi connectivity index (χ4n) is 1.78. The van der Waals surface area contributed by atoms with E-state index in [-0.39, 0.29) is 5.28 Å². The zero-order valence-electron chi connectivity index (χ0n) is 10.2. The molecular formula is C11H11ClN6O. The largest absolute Gasteiger partial charge is 0.467 e. The summed E-state index contributed by atoms with van der Waals surface area (Å²) in [5.74, 6) is 1.36. The zero-order valence-corrected chi connectivity index (χ0v) is 10.9. The maximum Gasteiger partial charge on any atom is 0.226 e. The Morgan fingerprint density at radius 2 is 2.32 bits per heavy atom. The molecule has 0 aliphatic carbocycles. The number of hydrogen-bond acceptors (Lipinski definition) is 6. The van der Waals surface area contributed by atoms with Crippen LogP contribution >= 0.6 is 11.6 Å². The highest BCUT2D eigenvalue weighted by Gasteiger charge is 2.14. The monoisotopic (exact) mass is 278 g/mol. The van der Waals surface area contributed by atoms with Crippen LogP contribution in [0.2, 0.25) is 5.28 Å². The van der Waals surface area contributed by atoms with E-state index in [2.05, 4.69) is 25.6 Å². The van der Waals surface area contributed by atoms with Crippen molar-refractivity contribution in [3.63, 3.8) is 0 Å². The van der Waals surface area contributed by atoms with Gasteiger partial charge in [0.2, 0.25) is 5.28 Å². The Labute approximate surface area is 113 Å². The molecule has 0 unspecified atom stereocenters. The van der Waals surface area contributed by atoms with Gasteiger partial charge in [-0.1, -0.05) is 5.21 Å². The zero-order chi connectivity index (χ0) is 13.2. The Morgan fingerprint density at radius 3 is 3.05 bits per heavy atom. The molecule has 7 nitrogen and oxygen atoms in total. The molecule has 0 aliphatic rings. The van der Waals surface area contributed by atoms with Crippen LogP contribution in [0.4, 0.5) is 5.82 Å². The first-order chi connectivity index (χ1) is 9.28. The van der Waals surface area contributed by atoms with E-state index in [1.165, 1.54) is 0 Å². The predicted octanol–water partition coefficient (Wildman–Crippen LogP) is 1.95. The third kappa shape index (κ3) is 2.24. The van der Waals surface area contributed by atoms with E-state index in [1.54, 1.807) is 10.9 Å². The lowest BCUT2D eigenvalue weighted by molar-refractivity contribution is 0.479. The Bertz CT molecular complexity index is 693. The molecule has 98 valence electrons. The van der Waals surface area contributed by atoms with Crippen LogP contribution < -0.4 is 5.32 Å². The molecule has 0 aliphatic heterocycles. The quantitative estimate of drug-likeness (QED) is 0.735. The molecule has 0 amide bonds. The third-order valence-corrected chi connectivity index (χ3v) is 2.73. The lowest BCUT2D eigenvalue weighted by atomic mass is 10.4. The highest BCUT2D eigenvalue weighted by Crippen LogP contribution is 2.20. The van der Waals surface area contributed by atoms with Crippen molar-refractivity contribution in [2.75, 3.05) is 11.9 Å². The number of furan rings is 1. The number of nitrogens with zero attached hydrogens (tertiary/aromatic N) is 5. The van der Waals surface area contributed by atoms with E-state index >= 15 is 0 Å². The van der Waals surface area contributed by atoms with Crippen molar-refractivity contribution in [2.24, 2.45) is 0 Å². The van der Waals surface area contributed by atoms with Gasteiger partial charge in [-0.05, 0) is 30.7 Å². The number of nitrogens with one attached hydrogen (secondary N) is 1. The van der Waals surface area contributed by atoms with Crippen LogP contribution in [0.3, 0.4) is 0 Å². The van der Waals surface area contributed by atoms with Crippen molar-refractivity contribution < 1.29 is 4.42 Å². The molecule has 0 bridgehead atoms. The van der Waals surface area contributed by atoms with Gasteiger partial charge in [-0.25, -0.2) is 4.68 Å². The number of rotatable bonds is 4. The van der Waals surface area contributed by atoms with Crippen molar-refractivity contribution in [3.8, 4) is 0 Å². The lowest BCUT2D eigenvalue weighted by Gasteiger charge is -2.03. The summed E-state index contributed by atoms with van der Waals surface area (Å²) in [4.78, 5) is 8.28. The minimum Gasteiger partial charge on any atom is -0.467 e. The summed E-state index contributed by atoms with van der Waals surface area (Å²) in [6.07, 6.45) is 1.61. The predicted molar refractivity (Wildman–Crippen MR) is 70.1 cm³/mol. The fraction of sp³-hybridized carbons (Fsp3) is 0.273. The summed E-state index contributed by atoms with van der Waals surface area (Å²) >= 11 is 5.92. The topological polar surface area (TPSA) is 81.7 Å². The summed E-state index contributed by atoms with van der Waals surface area (Å²) in [5, 5.41) is 11.4. The Balaban J connectivity index is 2.06. The standard InChI is InChI=1S/C11H11ClN6O/c1-2-13-9-8-10(15-11(12)14-9)18(17-16-8)6-7-4-3-5-19-7/h3-5H,2,6H2,1H3,(H,13,14,15). The molecule has 1 N–H and O–H groups in total. The van der Waals surface area contributed by atoms with E-state index in [0.717, 1.165) is 5.76 Å². The summed E-state index contributed by atoms with van der Waals surface area (Å²) < 4.78 is 6.91. The van der Waals surface area contributed by atoms with Crippen LogP contribution in [0.5, 0.6) is 0 Å². The van der Waals surface area contributed by atoms with Crippen LogP contribution in [-0.2, 0) is 6.54 Å². The molecule has 0 saturated heterocycles. The van der Waals surface area contributed by atoms with E-state index in [0.29, 0.717) is 30.1 Å². The van der Waals surface area contributed by atoms with E-state index in [9.17, 15) is 0 Å². The van der Waals surface area contributed by atoms with Gasteiger partial charge in [0.25, 0.3) is 0 Å². The van der Waals surface area contributed by atoms with Crippen LogP contribution in [-0.4, -0.2) is 31.5 Å². The van der Waals surface area contributed by atoms with Crippen molar-refractivity contribution in [3.05, 3.63) is 29.4 Å². The number of halogens is 1. The molecular weight excluding hydrogens is 268 g/mol. The molecule has 3 aromatic heterocycles. The van der Waals surface area contributed by atoms with E-state index < -0.39 is 0 Å². The molecule has 0 radical (unpaired) electrons. The highest BCUT2D eigenvalue weighted by molar-refractivity contribution is 6.28. The van der Waals surface area contributed by atoms with Gasteiger partial charge in [-0.3, -0.25) is 0 Å². The van der Waals surface area contributed by atoms with Gasteiger partial charge in [-0.15, -0.1) is 5.10 Å². The number of anilines is 1. The van der Waals surface area contributed by atoms with E-state index in [1.807, 2.05) is 19.1 Å². The molecule has 8 heteroatoms. The molecule has 3 heterocycles. The second-order valence-corrected chi connectivity index (χ2v) is 4.21. The molecule has 0 aromatic carbocycles. The maximum absolute atomic E-state index is 5.92. The molecule has 0 atom stereocenters. The van der Waals surface area contributed by atoms with Crippen LogP contribution in [0.1, 0.15) is 12.7 Å². The van der Waals surface area contributed by atoms with Gasteiger partial charge in [0, 0.05) is 6.54 Å². The molecule has 0 fully saturated rings. The van der Waals surface area contributed by atoms with Crippen molar-refractivity contribution in [1.82, 2.24) is 25.0 Å². The van der Waals surface area contributed by atoms with Gasteiger partial charge in [0.15, 0.2) is 17.0 Å². The Kier molecular flexibility index (Phi) is 3.04. The molecule has 0 spiro atoms. The van der Waals surface area contributed by atoms with Crippen molar-refractivity contribution in [1.29, 1.82) is 0 Å². The van der Waals surface area contributed by atoms with Gasteiger partial charge < -0.3 is 9.73 Å². The molecule has 3 rings (SSSR count). The second-order valence-electron chi connectivity index (χ2n) is 3.87. The maximum atomic E-state index is 5.92. The Morgan fingerprint density at radius 1 is 1.42 bits per heavy atom. The number of aromatic nitrogens is 5. The first-order valence-electron chi connectivity index (χ1n) is 5.81. The van der Waals surface area contributed by atoms with Crippen LogP contribution in [0.25, 0.3) is 11.2 Å². The molecule has 19 heavy (non-hydrogen) atoms. The summed E-state index contributed by atoms with van der Waals surface area (Å²) in [6.45, 7) is 3.13. The van der Waals surface area contributed by atoms with Gasteiger partial charge >= 0.3 is 0 Å². The molecule has 3 aromatic rings. The lowest BCUT2D eigenvalue weighted by Crippen LogP contribution is -2.04. The SMILES string of the molecule is CCNc1nc(Cl)nc2c1nnn2Cc1ccco1. The average Bonchev–Trinajstić information content (AvgIpc) is 3.01. The first-order valence-corrected chi connectivity index (χ1v) is 6.18.